The van der Waals surface area contributed by atoms with Gasteiger partial charge in [-0.1, -0.05) is 6.07 Å². The average molecular weight is 210 g/mol. The molecule has 2 bridgehead atoms. The van der Waals surface area contributed by atoms with Crippen LogP contribution < -0.4 is 4.74 Å². The van der Waals surface area contributed by atoms with E-state index in [0.29, 0.717) is 0 Å². The molecule has 16 heavy (non-hydrogen) atoms. The van der Waals surface area contributed by atoms with E-state index in [9.17, 15) is 0 Å². The molecule has 4 fully saturated rings. The van der Waals surface area contributed by atoms with Crippen molar-refractivity contribution >= 4 is 0 Å². The standard InChI is InChI=1S/C15H14O/c1-16-5-2-3-6-7(4-5)9-12-10-8(6)11-13(9)15(11)14(10)12/h2-4,8-15H,1H3/t8?,9?,10-,11-,12-,13+,14-,15+/m0/s1. The predicted octanol–water partition coefficient (Wildman–Crippen LogP) is 2.63. The number of ether oxygens (including phenoxy) is 1. The van der Waals surface area contributed by atoms with Gasteiger partial charge in [0.25, 0.3) is 0 Å². The zero-order valence-corrected chi connectivity index (χ0v) is 9.26. The summed E-state index contributed by atoms with van der Waals surface area (Å²) >= 11 is 0. The van der Waals surface area contributed by atoms with E-state index < -0.39 is 0 Å². The maximum Gasteiger partial charge on any atom is 0.119 e. The summed E-state index contributed by atoms with van der Waals surface area (Å²) in [6, 6.07) is 6.88. The van der Waals surface area contributed by atoms with Gasteiger partial charge in [-0.25, -0.2) is 0 Å². The molecule has 1 heteroatoms. The van der Waals surface area contributed by atoms with Gasteiger partial charge < -0.3 is 4.74 Å². The topological polar surface area (TPSA) is 9.23 Å². The fourth-order valence-electron chi connectivity index (χ4n) is 6.33. The molecular weight excluding hydrogens is 196 g/mol. The van der Waals surface area contributed by atoms with E-state index in [1.54, 1.807) is 18.2 Å². The summed E-state index contributed by atoms with van der Waals surface area (Å²) in [7, 11) is 1.79. The third-order valence-electron chi connectivity index (χ3n) is 6.50. The summed E-state index contributed by atoms with van der Waals surface area (Å²) in [6.45, 7) is 0. The van der Waals surface area contributed by atoms with Gasteiger partial charge in [-0.05, 0) is 70.6 Å². The second-order valence-electron chi connectivity index (χ2n) is 6.51. The smallest absolute Gasteiger partial charge is 0.119 e. The molecule has 1 nitrogen and oxygen atoms in total. The van der Waals surface area contributed by atoms with Gasteiger partial charge in [0, 0.05) is 0 Å². The Morgan fingerprint density at radius 3 is 2.06 bits per heavy atom. The molecule has 0 aromatic heterocycles. The first-order valence-corrected chi connectivity index (χ1v) is 6.59. The first-order chi connectivity index (χ1) is 7.92. The van der Waals surface area contributed by atoms with Gasteiger partial charge in [-0.15, -0.1) is 0 Å². The summed E-state index contributed by atoms with van der Waals surface area (Å²) in [5.41, 5.74) is 3.38. The summed E-state index contributed by atoms with van der Waals surface area (Å²) in [6.07, 6.45) is 0. The zero-order chi connectivity index (χ0) is 10.2. The molecule has 4 saturated carbocycles. The van der Waals surface area contributed by atoms with E-state index in [0.717, 1.165) is 53.1 Å². The Morgan fingerprint density at radius 1 is 0.812 bits per heavy atom. The molecule has 2 unspecified atom stereocenters. The third-order valence-corrected chi connectivity index (χ3v) is 6.50. The molecule has 0 amide bonds. The Kier molecular flexibility index (Phi) is 0.843. The summed E-state index contributed by atoms with van der Waals surface area (Å²) < 4.78 is 5.39. The van der Waals surface area contributed by atoms with Crippen LogP contribution in [0.4, 0.5) is 0 Å². The van der Waals surface area contributed by atoms with Gasteiger partial charge in [0.1, 0.15) is 5.75 Å². The van der Waals surface area contributed by atoms with Crippen LogP contribution in [0, 0.1) is 35.5 Å². The molecule has 8 atom stereocenters. The maximum absolute atomic E-state index is 5.39. The number of hydrogen-bond acceptors (Lipinski definition) is 1. The largest absolute Gasteiger partial charge is 0.497 e. The van der Waals surface area contributed by atoms with Crippen molar-refractivity contribution in [2.45, 2.75) is 11.8 Å². The van der Waals surface area contributed by atoms with Crippen molar-refractivity contribution in [1.82, 2.24) is 0 Å². The van der Waals surface area contributed by atoms with Crippen molar-refractivity contribution in [2.24, 2.45) is 35.5 Å². The van der Waals surface area contributed by atoms with Crippen molar-refractivity contribution in [3.8, 4) is 5.75 Å². The zero-order valence-electron chi connectivity index (χ0n) is 9.26. The van der Waals surface area contributed by atoms with Crippen molar-refractivity contribution in [2.75, 3.05) is 7.11 Å². The lowest BCUT2D eigenvalue weighted by molar-refractivity contribution is 0.317. The lowest BCUT2D eigenvalue weighted by Gasteiger charge is -2.37. The normalized spacial score (nSPS) is 59.6. The van der Waals surface area contributed by atoms with E-state index in [4.69, 9.17) is 4.74 Å². The van der Waals surface area contributed by atoms with Gasteiger partial charge in [-0.2, -0.15) is 0 Å². The molecule has 1 aromatic rings. The van der Waals surface area contributed by atoms with E-state index in [1.165, 1.54) is 0 Å². The van der Waals surface area contributed by atoms with Crippen molar-refractivity contribution in [3.63, 3.8) is 0 Å². The van der Waals surface area contributed by atoms with Crippen molar-refractivity contribution in [1.29, 1.82) is 0 Å². The molecule has 7 rings (SSSR count). The highest BCUT2D eigenvalue weighted by Crippen LogP contribution is 2.94. The van der Waals surface area contributed by atoms with Gasteiger partial charge >= 0.3 is 0 Å². The second-order valence-corrected chi connectivity index (χ2v) is 6.51. The highest BCUT2D eigenvalue weighted by Gasteiger charge is 2.88. The van der Waals surface area contributed by atoms with Gasteiger partial charge in [-0.3, -0.25) is 0 Å². The number of hydrogen-bond donors (Lipinski definition) is 0. The van der Waals surface area contributed by atoms with E-state index in [-0.39, 0.29) is 0 Å². The molecule has 0 heterocycles. The molecule has 0 spiro atoms. The Morgan fingerprint density at radius 2 is 1.44 bits per heavy atom. The van der Waals surface area contributed by atoms with Crippen LogP contribution >= 0.6 is 0 Å². The van der Waals surface area contributed by atoms with Crippen LogP contribution in [0.15, 0.2) is 18.2 Å². The lowest BCUT2D eigenvalue weighted by atomic mass is 9.67. The molecule has 0 radical (unpaired) electrons. The van der Waals surface area contributed by atoms with Crippen LogP contribution in [-0.4, -0.2) is 7.11 Å². The Bertz CT molecular complexity index is 526. The van der Waals surface area contributed by atoms with Crippen LogP contribution in [0.3, 0.4) is 0 Å². The summed E-state index contributed by atoms with van der Waals surface area (Å²) in [4.78, 5) is 0. The van der Waals surface area contributed by atoms with Gasteiger partial charge in [0.2, 0.25) is 0 Å². The highest BCUT2D eigenvalue weighted by atomic mass is 16.5. The first-order valence-electron chi connectivity index (χ1n) is 6.59. The van der Waals surface area contributed by atoms with Gasteiger partial charge in [0.05, 0.1) is 7.11 Å². The van der Waals surface area contributed by atoms with E-state index >= 15 is 0 Å². The number of rotatable bonds is 1. The Hall–Kier alpha value is -0.980. The fraction of sp³-hybridized carbons (Fsp3) is 0.600. The Balaban J connectivity index is 1.67. The second kappa shape index (κ2) is 1.83. The highest BCUT2D eigenvalue weighted by molar-refractivity contribution is 5.56. The van der Waals surface area contributed by atoms with E-state index in [1.807, 2.05) is 0 Å². The average Bonchev–Trinajstić information content (AvgIpc) is 3.17. The number of methoxy groups -OCH3 is 1. The lowest BCUT2D eigenvalue weighted by Crippen LogP contribution is -2.26. The SMILES string of the molecule is COc1ccc2c(c1)C1[C@@H]3[C@@H]4C2[C@H]2[C@H]1[C@H]2[C@@H]34. The van der Waals surface area contributed by atoms with E-state index in [2.05, 4.69) is 18.2 Å². The number of benzene rings is 1. The molecule has 1 aromatic carbocycles. The quantitative estimate of drug-likeness (QED) is 0.692. The Labute approximate surface area is 94.8 Å². The summed E-state index contributed by atoms with van der Waals surface area (Å²) in [5, 5.41) is 0. The van der Waals surface area contributed by atoms with Gasteiger partial charge in [0.15, 0.2) is 0 Å². The maximum atomic E-state index is 5.39. The van der Waals surface area contributed by atoms with Crippen LogP contribution in [0.2, 0.25) is 0 Å². The predicted molar refractivity (Wildman–Crippen MR) is 59.4 cm³/mol. The molecular formula is C15H14O. The monoisotopic (exact) mass is 210 g/mol. The first kappa shape index (κ1) is 7.37. The van der Waals surface area contributed by atoms with Crippen molar-refractivity contribution < 1.29 is 4.74 Å². The molecule has 6 aliphatic carbocycles. The van der Waals surface area contributed by atoms with Crippen molar-refractivity contribution in [3.05, 3.63) is 29.3 Å². The molecule has 0 aliphatic heterocycles. The minimum atomic E-state index is 0.945. The molecule has 0 saturated heterocycles. The molecule has 0 N–H and O–H groups in total. The minimum absolute atomic E-state index is 0.945. The van der Waals surface area contributed by atoms with Crippen LogP contribution in [0.5, 0.6) is 5.75 Å². The van der Waals surface area contributed by atoms with Crippen LogP contribution in [0.1, 0.15) is 23.0 Å². The summed E-state index contributed by atoms with van der Waals surface area (Å²) in [5.74, 6) is 9.73. The fourth-order valence-corrected chi connectivity index (χ4v) is 6.33. The third kappa shape index (κ3) is 0.489. The van der Waals surface area contributed by atoms with Crippen LogP contribution in [-0.2, 0) is 0 Å². The molecule has 80 valence electrons. The minimum Gasteiger partial charge on any atom is -0.497 e. The molecule has 6 aliphatic rings. The van der Waals surface area contributed by atoms with Crippen LogP contribution in [0.25, 0.3) is 0 Å².